The molecule has 1 unspecified atom stereocenters. The van der Waals surface area contributed by atoms with E-state index < -0.39 is 0 Å². The molecule has 2 aromatic rings. The van der Waals surface area contributed by atoms with Gasteiger partial charge in [0.2, 0.25) is 0 Å². The largest absolute Gasteiger partial charge is 0.496 e. The fourth-order valence-corrected chi connectivity index (χ4v) is 3.33. The Morgan fingerprint density at radius 3 is 2.52 bits per heavy atom. The van der Waals surface area contributed by atoms with Crippen LogP contribution in [0.25, 0.3) is 0 Å². The van der Waals surface area contributed by atoms with E-state index in [2.05, 4.69) is 44.2 Å². The number of rotatable bonds is 3. The summed E-state index contributed by atoms with van der Waals surface area (Å²) in [5, 5.41) is 0. The maximum absolute atomic E-state index is 6.53. The van der Waals surface area contributed by atoms with Gasteiger partial charge >= 0.3 is 0 Å². The molecule has 21 heavy (non-hydrogen) atoms. The summed E-state index contributed by atoms with van der Waals surface area (Å²) in [7, 11) is 1.71. The summed E-state index contributed by atoms with van der Waals surface area (Å²) in [6.45, 7) is 4.17. The van der Waals surface area contributed by atoms with Crippen LogP contribution in [0, 0.1) is 13.8 Å². The number of nitrogens with two attached hydrogens (primary N) is 1. The molecule has 0 amide bonds. The zero-order chi connectivity index (χ0) is 15.0. The van der Waals surface area contributed by atoms with Crippen molar-refractivity contribution < 1.29 is 4.74 Å². The summed E-state index contributed by atoms with van der Waals surface area (Å²) in [5.74, 6) is 0.928. The standard InChI is InChI=1S/C19H23NO/c1-12-10-18(21-3)13(2)9-17(12)19(20)16-8-7-14-5-4-6-15(14)11-16/h7-11,19H,4-6,20H2,1-3H3. The van der Waals surface area contributed by atoms with Crippen LogP contribution in [0.2, 0.25) is 0 Å². The fraction of sp³-hybridized carbons (Fsp3) is 0.368. The molecule has 0 radical (unpaired) electrons. The van der Waals surface area contributed by atoms with E-state index in [9.17, 15) is 0 Å². The van der Waals surface area contributed by atoms with E-state index in [1.54, 1.807) is 7.11 Å². The lowest BCUT2D eigenvalue weighted by Gasteiger charge is -2.18. The summed E-state index contributed by atoms with van der Waals surface area (Å²) in [5.41, 5.74) is 14.2. The molecule has 0 aliphatic heterocycles. The Morgan fingerprint density at radius 1 is 1.00 bits per heavy atom. The second-order valence-electron chi connectivity index (χ2n) is 6.04. The minimum atomic E-state index is -0.0690. The van der Waals surface area contributed by atoms with Crippen molar-refractivity contribution in [3.8, 4) is 5.75 Å². The van der Waals surface area contributed by atoms with Gasteiger partial charge in [-0.05, 0) is 72.6 Å². The van der Waals surface area contributed by atoms with Crippen molar-refractivity contribution in [3.05, 3.63) is 63.7 Å². The van der Waals surface area contributed by atoms with Crippen LogP contribution in [0.4, 0.5) is 0 Å². The number of aryl methyl sites for hydroxylation is 4. The van der Waals surface area contributed by atoms with Gasteiger partial charge in [-0.3, -0.25) is 0 Å². The molecule has 0 fully saturated rings. The van der Waals surface area contributed by atoms with Crippen molar-refractivity contribution in [1.82, 2.24) is 0 Å². The Hall–Kier alpha value is -1.80. The quantitative estimate of drug-likeness (QED) is 0.927. The van der Waals surface area contributed by atoms with E-state index in [4.69, 9.17) is 10.5 Å². The average Bonchev–Trinajstić information content (AvgIpc) is 2.95. The highest BCUT2D eigenvalue weighted by molar-refractivity contribution is 5.47. The predicted molar refractivity (Wildman–Crippen MR) is 87.0 cm³/mol. The maximum Gasteiger partial charge on any atom is 0.122 e. The van der Waals surface area contributed by atoms with Crippen LogP contribution in [0.5, 0.6) is 5.75 Å². The van der Waals surface area contributed by atoms with Gasteiger partial charge < -0.3 is 10.5 Å². The molecule has 1 aliphatic rings. The van der Waals surface area contributed by atoms with Crippen molar-refractivity contribution in [2.75, 3.05) is 7.11 Å². The molecule has 1 aliphatic carbocycles. The van der Waals surface area contributed by atoms with Crippen LogP contribution in [0.15, 0.2) is 30.3 Å². The van der Waals surface area contributed by atoms with E-state index in [0.717, 1.165) is 11.3 Å². The fourth-order valence-electron chi connectivity index (χ4n) is 3.33. The highest BCUT2D eigenvalue weighted by Crippen LogP contribution is 2.31. The molecule has 110 valence electrons. The van der Waals surface area contributed by atoms with Gasteiger partial charge in [-0.1, -0.05) is 24.3 Å². The number of hydrogen-bond donors (Lipinski definition) is 1. The molecule has 0 bridgehead atoms. The number of fused-ring (bicyclic) bond motifs is 1. The minimum Gasteiger partial charge on any atom is -0.496 e. The monoisotopic (exact) mass is 281 g/mol. The summed E-state index contributed by atoms with van der Waals surface area (Å²) < 4.78 is 5.39. The maximum atomic E-state index is 6.53. The van der Waals surface area contributed by atoms with Crippen molar-refractivity contribution >= 4 is 0 Å². The van der Waals surface area contributed by atoms with Crippen LogP contribution in [-0.2, 0) is 12.8 Å². The van der Waals surface area contributed by atoms with Crippen LogP contribution in [0.1, 0.15) is 45.8 Å². The van der Waals surface area contributed by atoms with Crippen LogP contribution in [-0.4, -0.2) is 7.11 Å². The summed E-state index contributed by atoms with van der Waals surface area (Å²) in [6.07, 6.45) is 3.68. The highest BCUT2D eigenvalue weighted by atomic mass is 16.5. The first-order valence-corrected chi connectivity index (χ1v) is 7.62. The Kier molecular flexibility index (Phi) is 3.73. The van der Waals surface area contributed by atoms with Crippen molar-refractivity contribution in [1.29, 1.82) is 0 Å². The van der Waals surface area contributed by atoms with Crippen molar-refractivity contribution in [2.45, 2.75) is 39.2 Å². The second-order valence-corrected chi connectivity index (χ2v) is 6.04. The smallest absolute Gasteiger partial charge is 0.122 e. The molecule has 3 rings (SSSR count). The Bertz CT molecular complexity index is 676. The van der Waals surface area contributed by atoms with E-state index in [-0.39, 0.29) is 6.04 Å². The molecule has 0 spiro atoms. The number of methoxy groups -OCH3 is 1. The van der Waals surface area contributed by atoms with Gasteiger partial charge in [0.15, 0.2) is 0 Å². The minimum absolute atomic E-state index is 0.0690. The first-order chi connectivity index (χ1) is 10.1. The molecular formula is C19H23NO. The first kappa shape index (κ1) is 14.2. The molecule has 0 aromatic heterocycles. The number of ether oxygens (including phenoxy) is 1. The van der Waals surface area contributed by atoms with Gasteiger partial charge in [0.05, 0.1) is 13.2 Å². The lowest BCUT2D eigenvalue weighted by molar-refractivity contribution is 0.411. The zero-order valence-corrected chi connectivity index (χ0v) is 13.1. The highest BCUT2D eigenvalue weighted by Gasteiger charge is 2.17. The number of hydrogen-bond acceptors (Lipinski definition) is 2. The molecule has 0 heterocycles. The molecule has 2 N–H and O–H groups in total. The SMILES string of the molecule is COc1cc(C)c(C(N)c2ccc3c(c2)CCC3)cc1C. The summed E-state index contributed by atoms with van der Waals surface area (Å²) in [6, 6.07) is 10.9. The van der Waals surface area contributed by atoms with Gasteiger partial charge in [-0.25, -0.2) is 0 Å². The van der Waals surface area contributed by atoms with Gasteiger partial charge in [-0.15, -0.1) is 0 Å². The van der Waals surface area contributed by atoms with E-state index in [1.165, 1.54) is 47.1 Å². The van der Waals surface area contributed by atoms with E-state index in [0.29, 0.717) is 0 Å². The number of benzene rings is 2. The molecule has 0 saturated heterocycles. The third kappa shape index (κ3) is 2.56. The zero-order valence-electron chi connectivity index (χ0n) is 13.1. The molecule has 0 saturated carbocycles. The topological polar surface area (TPSA) is 35.2 Å². The van der Waals surface area contributed by atoms with Gasteiger partial charge in [0, 0.05) is 0 Å². The summed E-state index contributed by atoms with van der Waals surface area (Å²) >= 11 is 0. The molecule has 2 aromatic carbocycles. The van der Waals surface area contributed by atoms with E-state index in [1.807, 2.05) is 0 Å². The lowest BCUT2D eigenvalue weighted by Crippen LogP contribution is -2.14. The second kappa shape index (κ2) is 5.53. The Labute approximate surface area is 126 Å². The average molecular weight is 281 g/mol. The Morgan fingerprint density at radius 2 is 1.76 bits per heavy atom. The van der Waals surface area contributed by atoms with Gasteiger partial charge in [-0.2, -0.15) is 0 Å². The molecule has 2 heteroatoms. The van der Waals surface area contributed by atoms with Gasteiger partial charge in [0.25, 0.3) is 0 Å². The van der Waals surface area contributed by atoms with Crippen molar-refractivity contribution in [3.63, 3.8) is 0 Å². The van der Waals surface area contributed by atoms with Gasteiger partial charge in [0.1, 0.15) is 5.75 Å². The predicted octanol–water partition coefficient (Wildman–Crippen LogP) is 3.85. The third-order valence-corrected chi connectivity index (χ3v) is 4.60. The van der Waals surface area contributed by atoms with E-state index >= 15 is 0 Å². The van der Waals surface area contributed by atoms with Crippen molar-refractivity contribution in [2.24, 2.45) is 5.73 Å². The molecule has 2 nitrogen and oxygen atoms in total. The Balaban J connectivity index is 1.98. The van der Waals surface area contributed by atoms with Crippen LogP contribution < -0.4 is 10.5 Å². The summed E-state index contributed by atoms with van der Waals surface area (Å²) in [4.78, 5) is 0. The van der Waals surface area contributed by atoms with Crippen LogP contribution in [0.3, 0.4) is 0 Å². The first-order valence-electron chi connectivity index (χ1n) is 7.62. The normalized spacial score (nSPS) is 14.9. The lowest BCUT2D eigenvalue weighted by atomic mass is 9.92. The molecule has 1 atom stereocenters. The third-order valence-electron chi connectivity index (χ3n) is 4.60. The van der Waals surface area contributed by atoms with Crippen LogP contribution >= 0.6 is 0 Å². The molecular weight excluding hydrogens is 258 g/mol.